The molecule has 0 atom stereocenters. The summed E-state index contributed by atoms with van der Waals surface area (Å²) in [5.41, 5.74) is 2.99. The van der Waals surface area contributed by atoms with Crippen molar-refractivity contribution in [2.24, 2.45) is 0 Å². The second-order valence-corrected chi connectivity index (χ2v) is 7.77. The van der Waals surface area contributed by atoms with Gasteiger partial charge in [-0.15, -0.1) is 0 Å². The summed E-state index contributed by atoms with van der Waals surface area (Å²) in [5, 5.41) is 3.98. The number of thiocarbonyl (C=S) groups is 1. The van der Waals surface area contributed by atoms with Crippen LogP contribution in [0.15, 0.2) is 55.1 Å². The molecule has 2 aromatic carbocycles. The Kier molecular flexibility index (Phi) is 8.33. The third-order valence-electron chi connectivity index (χ3n) is 5.14. The summed E-state index contributed by atoms with van der Waals surface area (Å²) >= 11 is 5.81. The Hall–Kier alpha value is -3.26. The Morgan fingerprint density at radius 2 is 1.88 bits per heavy atom. The van der Waals surface area contributed by atoms with E-state index < -0.39 is 0 Å². The molecule has 0 radical (unpaired) electrons. The van der Waals surface area contributed by atoms with E-state index in [1.54, 1.807) is 27.5 Å². The molecule has 0 saturated carbocycles. The Labute approximate surface area is 194 Å². The second kappa shape index (κ2) is 11.4. The first-order valence-electron chi connectivity index (χ1n) is 10.4. The van der Waals surface area contributed by atoms with Crippen molar-refractivity contribution in [2.75, 3.05) is 33.2 Å². The van der Waals surface area contributed by atoms with Gasteiger partial charge in [0.15, 0.2) is 5.11 Å². The van der Waals surface area contributed by atoms with E-state index >= 15 is 0 Å². The molecule has 0 bridgehead atoms. The zero-order valence-electron chi connectivity index (χ0n) is 19.0. The van der Waals surface area contributed by atoms with E-state index in [-0.39, 0.29) is 0 Å². The lowest BCUT2D eigenvalue weighted by atomic mass is 10.1. The minimum atomic E-state index is 0.594. The van der Waals surface area contributed by atoms with E-state index in [0.29, 0.717) is 11.7 Å². The molecule has 1 N–H and O–H groups in total. The first-order valence-corrected chi connectivity index (χ1v) is 10.8. The fourth-order valence-electron chi connectivity index (χ4n) is 3.40. The van der Waals surface area contributed by atoms with E-state index in [2.05, 4.69) is 19.8 Å². The molecule has 0 aliphatic rings. The molecule has 3 aromatic rings. The average molecular weight is 455 g/mol. The minimum absolute atomic E-state index is 0.594. The van der Waals surface area contributed by atoms with Gasteiger partial charge in [0.05, 0.1) is 33.3 Å². The molecule has 7 nitrogen and oxygen atoms in total. The number of imidazole rings is 1. The molecule has 8 heteroatoms. The highest BCUT2D eigenvalue weighted by Gasteiger charge is 2.16. The number of nitrogens with zero attached hydrogens (tertiary/aromatic N) is 3. The number of benzene rings is 2. The van der Waals surface area contributed by atoms with Crippen LogP contribution in [0.25, 0.3) is 0 Å². The van der Waals surface area contributed by atoms with Crippen LogP contribution in [0, 0.1) is 6.92 Å². The van der Waals surface area contributed by atoms with Gasteiger partial charge in [0.2, 0.25) is 0 Å². The lowest BCUT2D eigenvalue weighted by Gasteiger charge is -2.27. The summed E-state index contributed by atoms with van der Waals surface area (Å²) in [5.74, 6) is 2.27. The van der Waals surface area contributed by atoms with Gasteiger partial charge in [-0.25, -0.2) is 4.98 Å². The highest BCUT2D eigenvalue weighted by atomic mass is 32.1. The minimum Gasteiger partial charge on any atom is -0.497 e. The maximum absolute atomic E-state index is 5.81. The number of aryl methyl sites for hydroxylation is 2. The Morgan fingerprint density at radius 1 is 1.06 bits per heavy atom. The van der Waals surface area contributed by atoms with Gasteiger partial charge in [-0.2, -0.15) is 0 Å². The molecular weight excluding hydrogens is 424 g/mol. The number of rotatable bonds is 10. The highest BCUT2D eigenvalue weighted by molar-refractivity contribution is 7.80. The van der Waals surface area contributed by atoms with E-state index in [1.807, 2.05) is 55.8 Å². The Bertz CT molecular complexity index is 1020. The van der Waals surface area contributed by atoms with Crippen LogP contribution in [-0.2, 0) is 13.1 Å². The predicted molar refractivity (Wildman–Crippen MR) is 131 cm³/mol. The van der Waals surface area contributed by atoms with Crippen molar-refractivity contribution in [1.82, 2.24) is 14.5 Å². The predicted octanol–water partition coefficient (Wildman–Crippen LogP) is 4.51. The normalized spacial score (nSPS) is 10.5. The molecule has 0 spiro atoms. The Morgan fingerprint density at radius 3 is 2.56 bits per heavy atom. The van der Waals surface area contributed by atoms with Gasteiger partial charge >= 0.3 is 0 Å². The van der Waals surface area contributed by atoms with Crippen molar-refractivity contribution in [3.05, 3.63) is 66.2 Å². The zero-order chi connectivity index (χ0) is 22.9. The van der Waals surface area contributed by atoms with Crippen molar-refractivity contribution < 1.29 is 14.2 Å². The summed E-state index contributed by atoms with van der Waals surface area (Å²) in [4.78, 5) is 6.25. The number of hydrogen-bond donors (Lipinski definition) is 1. The molecule has 170 valence electrons. The van der Waals surface area contributed by atoms with Crippen molar-refractivity contribution >= 4 is 23.0 Å². The number of aromatic nitrogens is 2. The largest absolute Gasteiger partial charge is 0.497 e. The van der Waals surface area contributed by atoms with Gasteiger partial charge < -0.3 is 29.0 Å². The first kappa shape index (κ1) is 23.4. The third kappa shape index (κ3) is 6.13. The number of hydrogen-bond acceptors (Lipinski definition) is 5. The van der Waals surface area contributed by atoms with Crippen LogP contribution < -0.4 is 19.5 Å². The Balaban J connectivity index is 1.79. The van der Waals surface area contributed by atoms with Crippen LogP contribution in [0.1, 0.15) is 17.5 Å². The fraction of sp³-hybridized carbons (Fsp3) is 0.333. The maximum atomic E-state index is 5.81. The monoisotopic (exact) mass is 454 g/mol. The topological polar surface area (TPSA) is 60.8 Å². The average Bonchev–Trinajstić information content (AvgIpc) is 3.33. The lowest BCUT2D eigenvalue weighted by molar-refractivity contribution is 0.366. The van der Waals surface area contributed by atoms with Gasteiger partial charge in [-0.05, 0) is 55.4 Å². The first-order chi connectivity index (χ1) is 15.5. The number of methoxy groups -OCH3 is 3. The van der Waals surface area contributed by atoms with Crippen LogP contribution in [0.2, 0.25) is 0 Å². The smallest absolute Gasteiger partial charge is 0.173 e. The molecule has 0 aliphatic heterocycles. The number of ether oxygens (including phenoxy) is 3. The summed E-state index contributed by atoms with van der Waals surface area (Å²) in [7, 11) is 4.97. The molecule has 1 aromatic heterocycles. The van der Waals surface area contributed by atoms with Gasteiger partial charge in [0, 0.05) is 43.7 Å². The molecule has 0 unspecified atom stereocenters. The van der Waals surface area contributed by atoms with E-state index in [4.69, 9.17) is 26.4 Å². The summed E-state index contributed by atoms with van der Waals surface area (Å²) in [6.45, 7) is 4.24. The standard InChI is InChI=1S/C24H30N4O3S/c1-18-6-9-21(23(14-18)31-4)26-24(32)28(12-5-11-27-13-10-25-17-27)16-19-7-8-20(29-2)15-22(19)30-3/h6-10,13-15,17H,5,11-12,16H2,1-4H3,(H,26,32). The zero-order valence-corrected chi connectivity index (χ0v) is 19.8. The second-order valence-electron chi connectivity index (χ2n) is 7.39. The molecule has 3 rings (SSSR count). The van der Waals surface area contributed by atoms with Gasteiger partial charge in [0.25, 0.3) is 0 Å². The molecular formula is C24H30N4O3S. The highest BCUT2D eigenvalue weighted by Crippen LogP contribution is 2.28. The van der Waals surface area contributed by atoms with Gasteiger partial charge in [-0.3, -0.25) is 0 Å². The molecule has 0 aliphatic carbocycles. The molecule has 0 saturated heterocycles. The lowest BCUT2D eigenvalue weighted by Crippen LogP contribution is -2.35. The van der Waals surface area contributed by atoms with Crippen LogP contribution in [0.3, 0.4) is 0 Å². The van der Waals surface area contributed by atoms with Crippen LogP contribution in [0.5, 0.6) is 17.2 Å². The van der Waals surface area contributed by atoms with Crippen molar-refractivity contribution in [1.29, 1.82) is 0 Å². The van der Waals surface area contributed by atoms with E-state index in [0.717, 1.165) is 53.6 Å². The van der Waals surface area contributed by atoms with Crippen molar-refractivity contribution in [2.45, 2.75) is 26.4 Å². The molecule has 32 heavy (non-hydrogen) atoms. The van der Waals surface area contributed by atoms with Gasteiger partial charge in [0.1, 0.15) is 17.2 Å². The van der Waals surface area contributed by atoms with E-state index in [9.17, 15) is 0 Å². The van der Waals surface area contributed by atoms with Crippen molar-refractivity contribution in [3.8, 4) is 17.2 Å². The van der Waals surface area contributed by atoms with Crippen LogP contribution in [-0.4, -0.2) is 47.4 Å². The number of anilines is 1. The summed E-state index contributed by atoms with van der Waals surface area (Å²) in [6.07, 6.45) is 6.48. The SMILES string of the molecule is COc1ccc(CN(CCCn2ccnc2)C(=S)Nc2ccc(C)cc2OC)c(OC)c1. The maximum Gasteiger partial charge on any atom is 0.173 e. The summed E-state index contributed by atoms with van der Waals surface area (Å²) in [6, 6.07) is 11.8. The van der Waals surface area contributed by atoms with E-state index in [1.165, 1.54) is 0 Å². The van der Waals surface area contributed by atoms with Crippen LogP contribution >= 0.6 is 12.2 Å². The fourth-order valence-corrected chi connectivity index (χ4v) is 3.67. The molecule has 0 fully saturated rings. The summed E-state index contributed by atoms with van der Waals surface area (Å²) < 4.78 is 18.5. The van der Waals surface area contributed by atoms with Crippen molar-refractivity contribution in [3.63, 3.8) is 0 Å². The molecule has 1 heterocycles. The van der Waals surface area contributed by atoms with Gasteiger partial charge in [-0.1, -0.05) is 6.07 Å². The number of nitrogens with one attached hydrogen (secondary N) is 1. The third-order valence-corrected chi connectivity index (χ3v) is 5.51. The van der Waals surface area contributed by atoms with Crippen LogP contribution in [0.4, 0.5) is 5.69 Å². The molecule has 0 amide bonds. The quantitative estimate of drug-likeness (QED) is 0.452.